The minimum absolute atomic E-state index is 0.287. The van der Waals surface area contributed by atoms with E-state index in [0.717, 1.165) is 19.6 Å². The van der Waals surface area contributed by atoms with Gasteiger partial charge < -0.3 is 5.32 Å². The standard InChI is InChI=1S/C17H28N2/c1-5-16-12-19(17(4,6-2)13-18-16)11-15-9-7-8-14(3)10-15/h7-10,16,18H,5-6,11-13H2,1-4H3. The predicted molar refractivity (Wildman–Crippen MR) is 82.4 cm³/mol. The van der Waals surface area contributed by atoms with Crippen LogP contribution in [0, 0.1) is 6.92 Å². The summed E-state index contributed by atoms with van der Waals surface area (Å²) < 4.78 is 0. The van der Waals surface area contributed by atoms with Crippen molar-refractivity contribution in [1.82, 2.24) is 10.2 Å². The summed E-state index contributed by atoms with van der Waals surface area (Å²) in [6, 6.07) is 9.57. The maximum absolute atomic E-state index is 3.70. The quantitative estimate of drug-likeness (QED) is 0.893. The second-order valence-corrected chi connectivity index (χ2v) is 6.21. The molecule has 1 aliphatic heterocycles. The van der Waals surface area contributed by atoms with Crippen molar-refractivity contribution in [3.8, 4) is 0 Å². The monoisotopic (exact) mass is 260 g/mol. The smallest absolute Gasteiger partial charge is 0.0307 e. The molecule has 0 amide bonds. The molecule has 2 rings (SSSR count). The van der Waals surface area contributed by atoms with Crippen LogP contribution in [0.1, 0.15) is 44.7 Å². The van der Waals surface area contributed by atoms with Gasteiger partial charge in [0.25, 0.3) is 0 Å². The third kappa shape index (κ3) is 3.37. The minimum atomic E-state index is 0.287. The van der Waals surface area contributed by atoms with Crippen LogP contribution >= 0.6 is 0 Å². The summed E-state index contributed by atoms with van der Waals surface area (Å²) in [5.41, 5.74) is 3.09. The molecule has 0 radical (unpaired) electrons. The highest BCUT2D eigenvalue weighted by atomic mass is 15.3. The van der Waals surface area contributed by atoms with Gasteiger partial charge in [-0.25, -0.2) is 0 Å². The van der Waals surface area contributed by atoms with Gasteiger partial charge in [0.05, 0.1) is 0 Å². The molecule has 1 aromatic rings. The number of piperazine rings is 1. The van der Waals surface area contributed by atoms with E-state index in [1.807, 2.05) is 0 Å². The Morgan fingerprint density at radius 2 is 2.16 bits per heavy atom. The highest BCUT2D eigenvalue weighted by Gasteiger charge is 2.35. The number of aryl methyl sites for hydroxylation is 1. The maximum Gasteiger partial charge on any atom is 0.0307 e. The summed E-state index contributed by atoms with van der Waals surface area (Å²) in [6.07, 6.45) is 2.41. The van der Waals surface area contributed by atoms with Gasteiger partial charge in [-0.1, -0.05) is 43.7 Å². The molecule has 2 atom stereocenters. The molecule has 2 nitrogen and oxygen atoms in total. The summed E-state index contributed by atoms with van der Waals surface area (Å²) in [6.45, 7) is 12.5. The molecule has 1 aromatic carbocycles. The van der Waals surface area contributed by atoms with Crippen molar-refractivity contribution in [3.05, 3.63) is 35.4 Å². The Hall–Kier alpha value is -0.860. The maximum atomic E-state index is 3.70. The number of hydrogen-bond acceptors (Lipinski definition) is 2. The van der Waals surface area contributed by atoms with Gasteiger partial charge in [0.15, 0.2) is 0 Å². The molecule has 1 fully saturated rings. The topological polar surface area (TPSA) is 15.3 Å². The molecule has 0 aromatic heterocycles. The fourth-order valence-electron chi connectivity index (χ4n) is 2.94. The Bertz CT molecular complexity index is 415. The van der Waals surface area contributed by atoms with Crippen molar-refractivity contribution < 1.29 is 0 Å². The van der Waals surface area contributed by atoms with Gasteiger partial charge in [-0.05, 0) is 32.3 Å². The fourth-order valence-corrected chi connectivity index (χ4v) is 2.94. The highest BCUT2D eigenvalue weighted by molar-refractivity contribution is 5.22. The number of benzene rings is 1. The summed E-state index contributed by atoms with van der Waals surface area (Å²) in [4.78, 5) is 2.67. The second kappa shape index (κ2) is 6.06. The minimum Gasteiger partial charge on any atom is -0.311 e. The van der Waals surface area contributed by atoms with Gasteiger partial charge in [-0.3, -0.25) is 4.90 Å². The van der Waals surface area contributed by atoms with Crippen molar-refractivity contribution in [1.29, 1.82) is 0 Å². The predicted octanol–water partition coefficient (Wildman–Crippen LogP) is 3.35. The molecule has 0 saturated carbocycles. The Morgan fingerprint density at radius 3 is 2.79 bits per heavy atom. The first-order valence-corrected chi connectivity index (χ1v) is 7.61. The fraction of sp³-hybridized carbons (Fsp3) is 0.647. The zero-order valence-electron chi connectivity index (χ0n) is 12.9. The average Bonchev–Trinajstić information content (AvgIpc) is 2.41. The van der Waals surface area contributed by atoms with E-state index in [1.165, 1.54) is 24.0 Å². The summed E-state index contributed by atoms with van der Waals surface area (Å²) in [5.74, 6) is 0. The first kappa shape index (κ1) is 14.5. The largest absolute Gasteiger partial charge is 0.311 e. The number of rotatable bonds is 4. The molecule has 1 N–H and O–H groups in total. The second-order valence-electron chi connectivity index (χ2n) is 6.21. The lowest BCUT2D eigenvalue weighted by Gasteiger charge is -2.48. The van der Waals surface area contributed by atoms with Gasteiger partial charge in [-0.2, -0.15) is 0 Å². The first-order chi connectivity index (χ1) is 9.07. The van der Waals surface area contributed by atoms with Gasteiger partial charge in [0.2, 0.25) is 0 Å². The van der Waals surface area contributed by atoms with Crippen molar-refractivity contribution in [3.63, 3.8) is 0 Å². The molecule has 106 valence electrons. The molecule has 0 spiro atoms. The van der Waals surface area contributed by atoms with Crippen LogP contribution in [0.4, 0.5) is 0 Å². The summed E-state index contributed by atoms with van der Waals surface area (Å²) in [5, 5.41) is 3.70. The van der Waals surface area contributed by atoms with E-state index in [-0.39, 0.29) is 5.54 Å². The van der Waals surface area contributed by atoms with Gasteiger partial charge >= 0.3 is 0 Å². The molecule has 0 bridgehead atoms. The molecule has 0 aliphatic carbocycles. The summed E-state index contributed by atoms with van der Waals surface area (Å²) in [7, 11) is 0. The Morgan fingerprint density at radius 1 is 1.37 bits per heavy atom. The van der Waals surface area contributed by atoms with Crippen LogP contribution in [0.2, 0.25) is 0 Å². The van der Waals surface area contributed by atoms with Gasteiger partial charge in [-0.15, -0.1) is 0 Å². The van der Waals surface area contributed by atoms with Crippen LogP contribution in [0.15, 0.2) is 24.3 Å². The Kier molecular flexibility index (Phi) is 4.64. The van der Waals surface area contributed by atoms with Crippen molar-refractivity contribution in [2.75, 3.05) is 13.1 Å². The van der Waals surface area contributed by atoms with E-state index in [2.05, 4.69) is 62.2 Å². The highest BCUT2D eigenvalue weighted by Crippen LogP contribution is 2.25. The van der Waals surface area contributed by atoms with Crippen LogP contribution in [-0.2, 0) is 6.54 Å². The Balaban J connectivity index is 2.14. The third-order valence-electron chi connectivity index (χ3n) is 4.69. The van der Waals surface area contributed by atoms with Crippen LogP contribution in [-0.4, -0.2) is 29.6 Å². The van der Waals surface area contributed by atoms with E-state index >= 15 is 0 Å². The van der Waals surface area contributed by atoms with Crippen LogP contribution in [0.3, 0.4) is 0 Å². The normalized spacial score (nSPS) is 28.5. The van der Waals surface area contributed by atoms with Crippen LogP contribution in [0.25, 0.3) is 0 Å². The molecule has 19 heavy (non-hydrogen) atoms. The zero-order chi connectivity index (χ0) is 13.9. The van der Waals surface area contributed by atoms with E-state index < -0.39 is 0 Å². The van der Waals surface area contributed by atoms with E-state index in [9.17, 15) is 0 Å². The lowest BCUT2D eigenvalue weighted by Crippen LogP contribution is -2.62. The lowest BCUT2D eigenvalue weighted by molar-refractivity contribution is 0.0408. The summed E-state index contributed by atoms with van der Waals surface area (Å²) >= 11 is 0. The number of nitrogens with zero attached hydrogens (tertiary/aromatic N) is 1. The molecule has 2 heteroatoms. The average molecular weight is 260 g/mol. The van der Waals surface area contributed by atoms with Gasteiger partial charge in [0.1, 0.15) is 0 Å². The van der Waals surface area contributed by atoms with Crippen molar-refractivity contribution in [2.45, 2.75) is 58.7 Å². The van der Waals surface area contributed by atoms with Gasteiger partial charge in [0, 0.05) is 31.2 Å². The zero-order valence-corrected chi connectivity index (χ0v) is 12.9. The molecular formula is C17H28N2. The number of hydrogen-bond donors (Lipinski definition) is 1. The lowest BCUT2D eigenvalue weighted by atomic mass is 9.91. The number of nitrogens with one attached hydrogen (secondary N) is 1. The van der Waals surface area contributed by atoms with E-state index in [1.54, 1.807) is 0 Å². The molecule has 1 heterocycles. The van der Waals surface area contributed by atoms with Crippen molar-refractivity contribution in [2.24, 2.45) is 0 Å². The van der Waals surface area contributed by atoms with E-state index in [4.69, 9.17) is 0 Å². The Labute approximate surface area is 118 Å². The SMILES string of the molecule is CCC1CN(Cc2cccc(C)c2)C(C)(CC)CN1. The van der Waals surface area contributed by atoms with Crippen LogP contribution in [0.5, 0.6) is 0 Å². The molecule has 2 unspecified atom stereocenters. The molecular weight excluding hydrogens is 232 g/mol. The first-order valence-electron chi connectivity index (χ1n) is 7.61. The third-order valence-corrected chi connectivity index (χ3v) is 4.69. The van der Waals surface area contributed by atoms with Crippen molar-refractivity contribution >= 4 is 0 Å². The molecule has 1 saturated heterocycles. The molecule has 1 aliphatic rings. The van der Waals surface area contributed by atoms with E-state index in [0.29, 0.717) is 6.04 Å². The van der Waals surface area contributed by atoms with Crippen LogP contribution < -0.4 is 5.32 Å².